The van der Waals surface area contributed by atoms with E-state index in [1.54, 1.807) is 11.0 Å². The lowest BCUT2D eigenvalue weighted by Gasteiger charge is -2.28. The summed E-state index contributed by atoms with van der Waals surface area (Å²) in [6.07, 6.45) is 3.99. The Labute approximate surface area is 144 Å². The lowest BCUT2D eigenvalue weighted by Crippen LogP contribution is -2.36. The Morgan fingerprint density at radius 2 is 2.16 bits per heavy atom. The number of halogens is 1. The summed E-state index contributed by atoms with van der Waals surface area (Å²) in [4.78, 5) is 23.7. The lowest BCUT2D eigenvalue weighted by atomic mass is 10.0. The fourth-order valence-electron chi connectivity index (χ4n) is 3.16. The molecule has 6 heteroatoms. The maximum absolute atomic E-state index is 13.8. The van der Waals surface area contributed by atoms with E-state index in [4.69, 9.17) is 4.42 Å². The summed E-state index contributed by atoms with van der Waals surface area (Å²) in [5, 5.41) is 0.501. The van der Waals surface area contributed by atoms with Gasteiger partial charge in [-0.05, 0) is 30.2 Å². The molecule has 25 heavy (non-hydrogen) atoms. The van der Waals surface area contributed by atoms with Gasteiger partial charge < -0.3 is 9.32 Å². The molecule has 2 aromatic heterocycles. The van der Waals surface area contributed by atoms with Crippen LogP contribution in [-0.2, 0) is 13.0 Å². The second-order valence-corrected chi connectivity index (χ2v) is 6.59. The molecule has 4 rings (SSSR count). The summed E-state index contributed by atoms with van der Waals surface area (Å²) in [5.74, 6) is 0.419. The minimum atomic E-state index is -0.463. The Bertz CT molecular complexity index is 964. The second-order valence-electron chi connectivity index (χ2n) is 6.59. The van der Waals surface area contributed by atoms with Gasteiger partial charge in [-0.3, -0.25) is 4.79 Å². The van der Waals surface area contributed by atoms with Crippen molar-refractivity contribution in [1.82, 2.24) is 14.9 Å². The monoisotopic (exact) mass is 339 g/mol. The van der Waals surface area contributed by atoms with Crippen LogP contribution in [0.25, 0.3) is 11.0 Å². The van der Waals surface area contributed by atoms with Gasteiger partial charge in [0.2, 0.25) is 0 Å². The predicted molar refractivity (Wildman–Crippen MR) is 90.7 cm³/mol. The van der Waals surface area contributed by atoms with Crippen molar-refractivity contribution >= 4 is 16.9 Å². The molecule has 0 saturated heterocycles. The molecule has 0 fully saturated rings. The first-order chi connectivity index (χ1) is 12.0. The SMILES string of the molecule is CC(C)c1ncc2c(n1)CN(C(=O)c1ccc(F)c3occc13)CC2. The normalized spacial score (nSPS) is 14.2. The van der Waals surface area contributed by atoms with E-state index >= 15 is 0 Å². The molecule has 128 valence electrons. The van der Waals surface area contributed by atoms with Gasteiger partial charge in [0.15, 0.2) is 11.4 Å². The van der Waals surface area contributed by atoms with Gasteiger partial charge in [-0.15, -0.1) is 0 Å². The summed E-state index contributed by atoms with van der Waals surface area (Å²) in [7, 11) is 0. The van der Waals surface area contributed by atoms with Gasteiger partial charge >= 0.3 is 0 Å². The van der Waals surface area contributed by atoms with Crippen LogP contribution in [0.3, 0.4) is 0 Å². The maximum atomic E-state index is 13.8. The van der Waals surface area contributed by atoms with E-state index in [0.29, 0.717) is 24.0 Å². The fourth-order valence-corrected chi connectivity index (χ4v) is 3.16. The number of hydrogen-bond acceptors (Lipinski definition) is 4. The highest BCUT2D eigenvalue weighted by Crippen LogP contribution is 2.26. The van der Waals surface area contributed by atoms with Gasteiger partial charge in [-0.2, -0.15) is 0 Å². The smallest absolute Gasteiger partial charge is 0.254 e. The number of fused-ring (bicyclic) bond motifs is 2. The number of furan rings is 1. The Hall–Kier alpha value is -2.76. The van der Waals surface area contributed by atoms with Gasteiger partial charge in [-0.25, -0.2) is 14.4 Å². The first-order valence-corrected chi connectivity index (χ1v) is 8.34. The Balaban J connectivity index is 1.66. The molecule has 1 aliphatic rings. The molecule has 3 heterocycles. The number of hydrogen-bond donors (Lipinski definition) is 0. The molecule has 1 amide bonds. The number of amides is 1. The third-order valence-corrected chi connectivity index (χ3v) is 4.57. The number of carbonyl (C=O) groups excluding carboxylic acids is 1. The van der Waals surface area contributed by atoms with Crippen molar-refractivity contribution in [2.24, 2.45) is 0 Å². The Morgan fingerprint density at radius 3 is 2.96 bits per heavy atom. The Morgan fingerprint density at radius 1 is 1.32 bits per heavy atom. The van der Waals surface area contributed by atoms with Crippen molar-refractivity contribution in [2.45, 2.75) is 32.7 Å². The molecule has 1 aliphatic heterocycles. The van der Waals surface area contributed by atoms with E-state index in [1.807, 2.05) is 20.0 Å². The molecule has 0 radical (unpaired) electrons. The molecule has 5 nitrogen and oxygen atoms in total. The topological polar surface area (TPSA) is 59.2 Å². The highest BCUT2D eigenvalue weighted by atomic mass is 19.1. The molecule has 3 aromatic rings. The number of aromatic nitrogens is 2. The maximum Gasteiger partial charge on any atom is 0.254 e. The minimum Gasteiger partial charge on any atom is -0.461 e. The van der Waals surface area contributed by atoms with Crippen LogP contribution in [-0.4, -0.2) is 27.3 Å². The van der Waals surface area contributed by atoms with Crippen molar-refractivity contribution in [1.29, 1.82) is 0 Å². The largest absolute Gasteiger partial charge is 0.461 e. The molecular weight excluding hydrogens is 321 g/mol. The van der Waals surface area contributed by atoms with Crippen LogP contribution < -0.4 is 0 Å². The minimum absolute atomic E-state index is 0.118. The quantitative estimate of drug-likeness (QED) is 0.714. The van der Waals surface area contributed by atoms with E-state index in [-0.39, 0.29) is 17.4 Å². The zero-order valence-corrected chi connectivity index (χ0v) is 14.1. The van der Waals surface area contributed by atoms with Crippen molar-refractivity contribution in [3.63, 3.8) is 0 Å². The number of rotatable bonds is 2. The molecule has 0 N–H and O–H groups in total. The predicted octanol–water partition coefficient (Wildman–Crippen LogP) is 3.68. The lowest BCUT2D eigenvalue weighted by molar-refractivity contribution is 0.0733. The van der Waals surface area contributed by atoms with Crippen molar-refractivity contribution in [3.05, 3.63) is 59.1 Å². The highest BCUT2D eigenvalue weighted by molar-refractivity contribution is 6.06. The summed E-state index contributed by atoms with van der Waals surface area (Å²) in [6.45, 7) is 5.11. The van der Waals surface area contributed by atoms with Gasteiger partial charge in [0, 0.05) is 24.0 Å². The third-order valence-electron chi connectivity index (χ3n) is 4.57. The van der Waals surface area contributed by atoms with E-state index in [9.17, 15) is 9.18 Å². The van der Waals surface area contributed by atoms with Crippen LogP contribution in [0.4, 0.5) is 4.39 Å². The van der Waals surface area contributed by atoms with Gasteiger partial charge in [-0.1, -0.05) is 13.8 Å². The van der Waals surface area contributed by atoms with E-state index in [0.717, 1.165) is 23.5 Å². The van der Waals surface area contributed by atoms with Crippen molar-refractivity contribution in [2.75, 3.05) is 6.54 Å². The summed E-state index contributed by atoms with van der Waals surface area (Å²) >= 11 is 0. The van der Waals surface area contributed by atoms with Crippen LogP contribution in [0.5, 0.6) is 0 Å². The van der Waals surface area contributed by atoms with E-state index in [1.165, 1.54) is 18.4 Å². The van der Waals surface area contributed by atoms with E-state index in [2.05, 4.69) is 9.97 Å². The molecule has 1 aromatic carbocycles. The molecule has 0 atom stereocenters. The van der Waals surface area contributed by atoms with Gasteiger partial charge in [0.05, 0.1) is 24.1 Å². The summed E-state index contributed by atoms with van der Waals surface area (Å²) in [6, 6.07) is 4.42. The average Bonchev–Trinajstić information content (AvgIpc) is 3.11. The van der Waals surface area contributed by atoms with Gasteiger partial charge in [0.25, 0.3) is 5.91 Å². The third kappa shape index (κ3) is 2.67. The number of nitrogens with zero attached hydrogens (tertiary/aromatic N) is 3. The van der Waals surface area contributed by atoms with Crippen LogP contribution >= 0.6 is 0 Å². The first kappa shape index (κ1) is 15.7. The second kappa shape index (κ2) is 5.95. The van der Waals surface area contributed by atoms with Crippen molar-refractivity contribution in [3.8, 4) is 0 Å². The molecule has 0 spiro atoms. The van der Waals surface area contributed by atoms with Crippen LogP contribution in [0, 0.1) is 5.82 Å². The highest BCUT2D eigenvalue weighted by Gasteiger charge is 2.25. The van der Waals surface area contributed by atoms with Crippen LogP contribution in [0.1, 0.15) is 47.2 Å². The molecule has 0 unspecified atom stereocenters. The zero-order valence-electron chi connectivity index (χ0n) is 14.1. The van der Waals surface area contributed by atoms with Crippen LogP contribution in [0.15, 0.2) is 35.1 Å². The zero-order chi connectivity index (χ0) is 17.6. The molecule has 0 saturated carbocycles. The van der Waals surface area contributed by atoms with Crippen molar-refractivity contribution < 1.29 is 13.6 Å². The Kier molecular flexibility index (Phi) is 3.75. The molecular formula is C19H18FN3O2. The molecule has 0 bridgehead atoms. The first-order valence-electron chi connectivity index (χ1n) is 8.34. The standard InChI is InChI=1S/C19H18FN3O2/c1-11(2)18-21-9-12-5-7-23(10-16(12)22-18)19(24)14-3-4-15(20)17-13(14)6-8-25-17/h3-4,6,8-9,11H,5,7,10H2,1-2H3. The number of carbonyl (C=O) groups is 1. The van der Waals surface area contributed by atoms with E-state index < -0.39 is 5.82 Å². The summed E-state index contributed by atoms with van der Waals surface area (Å²) in [5.41, 5.74) is 2.55. The van der Waals surface area contributed by atoms with Gasteiger partial charge in [0.1, 0.15) is 5.82 Å². The van der Waals surface area contributed by atoms with Crippen LogP contribution in [0.2, 0.25) is 0 Å². The number of benzene rings is 1. The summed E-state index contributed by atoms with van der Waals surface area (Å²) < 4.78 is 18.9. The fraction of sp³-hybridized carbons (Fsp3) is 0.316. The molecule has 0 aliphatic carbocycles. The average molecular weight is 339 g/mol.